The van der Waals surface area contributed by atoms with Crippen LogP contribution >= 0.6 is 0 Å². The van der Waals surface area contributed by atoms with Crippen LogP contribution < -0.4 is 0 Å². The highest BCUT2D eigenvalue weighted by atomic mass is 16.2. The Labute approximate surface area is 193 Å². The number of carbonyl (C=O) groups is 1. The fourth-order valence-corrected chi connectivity index (χ4v) is 8.91. The number of nitrogens with zero attached hydrogens (tertiary/aromatic N) is 1. The fraction of sp³-hybridized carbons (Fsp3) is 0.567. The van der Waals surface area contributed by atoms with Crippen LogP contribution in [0.5, 0.6) is 0 Å². The molecule has 2 aromatic rings. The van der Waals surface area contributed by atoms with Crippen molar-refractivity contribution < 1.29 is 4.79 Å². The first-order chi connectivity index (χ1) is 15.3. The summed E-state index contributed by atoms with van der Waals surface area (Å²) in [4.78, 5) is 14.6. The summed E-state index contributed by atoms with van der Waals surface area (Å²) in [5.74, 6) is 3.27. The molecule has 3 aliphatic carbocycles. The Morgan fingerprint density at radius 1 is 1.00 bits per heavy atom. The van der Waals surface area contributed by atoms with Gasteiger partial charge in [0.05, 0.1) is 0 Å². The normalized spacial score (nSPS) is 41.1. The van der Waals surface area contributed by atoms with E-state index in [1.807, 2.05) is 0 Å². The number of carbonyl (C=O) groups excluding carboxylic acids is 1. The number of likely N-dealkylation sites (tertiary alicyclic amines) is 1. The Balaban J connectivity index is 1.38. The lowest BCUT2D eigenvalue weighted by Crippen LogP contribution is -2.63. The monoisotopic (exact) mass is 427 g/mol. The largest absolute Gasteiger partial charge is 0.342 e. The summed E-state index contributed by atoms with van der Waals surface area (Å²) in [5.41, 5.74) is 3.61. The average molecular weight is 428 g/mol. The molecular formula is C30H37NO. The Hall–Kier alpha value is -2.09. The van der Waals surface area contributed by atoms with Crippen LogP contribution in [0.15, 0.2) is 48.5 Å². The molecule has 4 aliphatic rings. The van der Waals surface area contributed by atoms with Gasteiger partial charge in [0.25, 0.3) is 0 Å². The van der Waals surface area contributed by atoms with Crippen molar-refractivity contribution in [3.05, 3.63) is 54.1 Å². The first kappa shape index (κ1) is 20.5. The van der Waals surface area contributed by atoms with Gasteiger partial charge in [0.1, 0.15) is 0 Å². The molecule has 1 aliphatic heterocycles. The van der Waals surface area contributed by atoms with Gasteiger partial charge in [-0.05, 0) is 88.5 Å². The molecule has 2 heteroatoms. The molecular weight excluding hydrogens is 390 g/mol. The first-order valence-electron chi connectivity index (χ1n) is 12.8. The van der Waals surface area contributed by atoms with Crippen LogP contribution in [0.25, 0.3) is 16.3 Å². The summed E-state index contributed by atoms with van der Waals surface area (Å²) in [6, 6.07) is 16.2. The van der Waals surface area contributed by atoms with E-state index >= 15 is 0 Å². The Morgan fingerprint density at radius 3 is 2.62 bits per heavy atom. The topological polar surface area (TPSA) is 20.3 Å². The van der Waals surface area contributed by atoms with Crippen molar-refractivity contribution in [2.75, 3.05) is 7.05 Å². The van der Waals surface area contributed by atoms with Crippen LogP contribution in [-0.4, -0.2) is 23.9 Å². The summed E-state index contributed by atoms with van der Waals surface area (Å²) >= 11 is 0. The zero-order chi connectivity index (χ0) is 22.3. The van der Waals surface area contributed by atoms with E-state index in [0.29, 0.717) is 17.9 Å². The molecule has 2 aromatic carbocycles. The third kappa shape index (κ3) is 2.62. The predicted molar refractivity (Wildman–Crippen MR) is 132 cm³/mol. The molecule has 0 bridgehead atoms. The molecule has 6 rings (SSSR count). The van der Waals surface area contributed by atoms with Crippen LogP contribution in [-0.2, 0) is 4.79 Å². The van der Waals surface area contributed by atoms with Gasteiger partial charge >= 0.3 is 0 Å². The Morgan fingerprint density at radius 2 is 1.78 bits per heavy atom. The number of rotatable bonds is 1. The second-order valence-electron chi connectivity index (χ2n) is 11.9. The molecule has 0 N–H and O–H groups in total. The van der Waals surface area contributed by atoms with Crippen LogP contribution in [0.1, 0.15) is 64.9 Å². The zero-order valence-electron chi connectivity index (χ0n) is 20.1. The van der Waals surface area contributed by atoms with Crippen molar-refractivity contribution >= 4 is 22.3 Å². The van der Waals surface area contributed by atoms with Crippen LogP contribution in [0.2, 0.25) is 0 Å². The lowest BCUT2D eigenvalue weighted by Gasteiger charge is -2.63. The van der Waals surface area contributed by atoms with E-state index in [2.05, 4.69) is 81.3 Å². The van der Waals surface area contributed by atoms with E-state index < -0.39 is 0 Å². The number of hydrogen-bond acceptors (Lipinski definition) is 1. The predicted octanol–water partition coefficient (Wildman–Crippen LogP) is 6.94. The fourth-order valence-electron chi connectivity index (χ4n) is 8.91. The standard InChI is InChI=1S/C30H37NO/c1-19-18-26-30(3,17-15-27(32)31(26)4)25-14-16-29(2)23(12-13-24(29)28(19)25)22-11-7-9-20-8-5-6-10-21(20)22/h5-12,19,24-26,28H,13-18H2,1-4H3/t19-,24-,25-,26+,28-,29+,30+/m0/s1. The lowest BCUT2D eigenvalue weighted by molar-refractivity contribution is -0.162. The highest BCUT2D eigenvalue weighted by Crippen LogP contribution is 2.67. The zero-order valence-corrected chi connectivity index (χ0v) is 20.1. The number of hydrogen-bond donors (Lipinski definition) is 0. The molecule has 0 aromatic heterocycles. The SMILES string of the molecule is C[C@H]1C[C@H]2N(C)C(=O)CC[C@]2(C)[C@H]2CC[C@]3(C)C(c4cccc5ccccc45)=CC[C@H]3[C@H]12. The minimum atomic E-state index is 0.263. The molecule has 0 unspecified atom stereocenters. The van der Waals surface area contributed by atoms with E-state index in [1.54, 1.807) is 5.57 Å². The quantitative estimate of drug-likeness (QED) is 0.482. The maximum atomic E-state index is 12.5. The summed E-state index contributed by atoms with van der Waals surface area (Å²) in [6.45, 7) is 7.60. The third-order valence-corrected chi connectivity index (χ3v) is 10.6. The van der Waals surface area contributed by atoms with Gasteiger partial charge in [0, 0.05) is 19.5 Å². The maximum absolute atomic E-state index is 12.5. The number of amides is 1. The molecule has 2 saturated carbocycles. The van der Waals surface area contributed by atoms with Gasteiger partial charge in [-0.2, -0.15) is 0 Å². The first-order valence-corrected chi connectivity index (χ1v) is 12.8. The summed E-state index contributed by atoms with van der Waals surface area (Å²) in [7, 11) is 2.07. The Bertz CT molecular complexity index is 1110. The number of allylic oxidation sites excluding steroid dienone is 2. The minimum Gasteiger partial charge on any atom is -0.342 e. The molecule has 0 radical (unpaired) electrons. The highest BCUT2D eigenvalue weighted by Gasteiger charge is 2.61. The van der Waals surface area contributed by atoms with Crippen molar-refractivity contribution in [2.45, 2.75) is 65.3 Å². The summed E-state index contributed by atoms with van der Waals surface area (Å²) in [6.07, 6.45) is 9.41. The van der Waals surface area contributed by atoms with Crippen molar-refractivity contribution in [3.63, 3.8) is 0 Å². The number of piperidine rings is 1. The van der Waals surface area contributed by atoms with Crippen molar-refractivity contribution in [2.24, 2.45) is 34.5 Å². The molecule has 3 fully saturated rings. The van der Waals surface area contributed by atoms with Gasteiger partial charge in [-0.1, -0.05) is 69.3 Å². The van der Waals surface area contributed by atoms with Crippen molar-refractivity contribution in [3.8, 4) is 0 Å². The van der Waals surface area contributed by atoms with E-state index in [1.165, 1.54) is 42.0 Å². The van der Waals surface area contributed by atoms with Gasteiger partial charge < -0.3 is 4.90 Å². The second kappa shape index (κ2) is 6.95. The smallest absolute Gasteiger partial charge is 0.222 e. The van der Waals surface area contributed by atoms with E-state index in [0.717, 1.165) is 30.6 Å². The van der Waals surface area contributed by atoms with Gasteiger partial charge in [-0.3, -0.25) is 4.79 Å². The highest BCUT2D eigenvalue weighted by molar-refractivity contribution is 5.95. The molecule has 0 spiro atoms. The number of fused-ring (bicyclic) bond motifs is 6. The molecule has 2 nitrogen and oxygen atoms in total. The van der Waals surface area contributed by atoms with Crippen LogP contribution in [0.3, 0.4) is 0 Å². The van der Waals surface area contributed by atoms with E-state index in [9.17, 15) is 4.79 Å². The molecule has 7 atom stereocenters. The second-order valence-corrected chi connectivity index (χ2v) is 11.9. The average Bonchev–Trinajstić information content (AvgIpc) is 3.14. The van der Waals surface area contributed by atoms with Gasteiger partial charge in [-0.25, -0.2) is 0 Å². The van der Waals surface area contributed by atoms with E-state index in [-0.39, 0.29) is 10.8 Å². The molecule has 1 saturated heterocycles. The van der Waals surface area contributed by atoms with Crippen LogP contribution in [0.4, 0.5) is 0 Å². The lowest BCUT2D eigenvalue weighted by atomic mass is 9.44. The maximum Gasteiger partial charge on any atom is 0.222 e. The summed E-state index contributed by atoms with van der Waals surface area (Å²) in [5, 5.41) is 2.75. The van der Waals surface area contributed by atoms with Gasteiger partial charge in [0.15, 0.2) is 0 Å². The van der Waals surface area contributed by atoms with Crippen molar-refractivity contribution in [1.82, 2.24) is 4.90 Å². The molecule has 1 amide bonds. The Kier molecular flexibility index (Phi) is 4.46. The van der Waals surface area contributed by atoms with Gasteiger partial charge in [-0.15, -0.1) is 0 Å². The van der Waals surface area contributed by atoms with Gasteiger partial charge in [0.2, 0.25) is 5.91 Å². The molecule has 32 heavy (non-hydrogen) atoms. The summed E-state index contributed by atoms with van der Waals surface area (Å²) < 4.78 is 0. The van der Waals surface area contributed by atoms with E-state index in [4.69, 9.17) is 0 Å². The third-order valence-electron chi connectivity index (χ3n) is 10.6. The molecule has 168 valence electrons. The molecule has 1 heterocycles. The number of benzene rings is 2. The van der Waals surface area contributed by atoms with Crippen molar-refractivity contribution in [1.29, 1.82) is 0 Å². The van der Waals surface area contributed by atoms with Crippen LogP contribution in [0, 0.1) is 34.5 Å². The minimum absolute atomic E-state index is 0.263.